The standard InChI is InChI=1S/C25H29ClN4O6/c26-20-12-16(22(32)29-13-15-3-1-5-18(31)11-15)6-7-19(20)24(34)30-21(25(35)36)8-10-28-23(33)17-4-2-9-27-14-17/h1,3,5-7,11-12,17,21,26-27H,2,4,8-10,13-14H2,(H4-,28,29,30,31,32,33,34,35,36)/p+1/t17?,21-/m0/s1. The van der Waals surface area contributed by atoms with Crippen LogP contribution in [0.1, 0.15) is 45.5 Å². The summed E-state index contributed by atoms with van der Waals surface area (Å²) in [7, 11) is 0. The third-order valence-corrected chi connectivity index (χ3v) is 6.19. The molecule has 1 aliphatic rings. The number of carbonyl (C=O) groups excluding carboxylic acids is 3. The van der Waals surface area contributed by atoms with Crippen LogP contribution in [0, 0.1) is 17.5 Å². The molecule has 0 aromatic heterocycles. The Kier molecular flexibility index (Phi) is 9.66. The van der Waals surface area contributed by atoms with Gasteiger partial charge >= 0.3 is 5.97 Å². The van der Waals surface area contributed by atoms with Gasteiger partial charge in [0.2, 0.25) is 10.9 Å². The summed E-state index contributed by atoms with van der Waals surface area (Å²) in [5.41, 5.74) is 1.02. The minimum atomic E-state index is -1.23. The Bertz CT molecular complexity index is 1120. The number of phenols is 1. The summed E-state index contributed by atoms with van der Waals surface area (Å²) in [5.74, 6) is -2.51. The molecule has 1 saturated heterocycles. The van der Waals surface area contributed by atoms with Gasteiger partial charge in [0.15, 0.2) is 11.6 Å². The van der Waals surface area contributed by atoms with Crippen LogP contribution in [-0.2, 0) is 16.1 Å². The van der Waals surface area contributed by atoms with Crippen molar-refractivity contribution >= 4 is 23.7 Å². The summed E-state index contributed by atoms with van der Waals surface area (Å²) in [4.78, 5) is 49.0. The van der Waals surface area contributed by atoms with Crippen molar-refractivity contribution < 1.29 is 41.0 Å². The van der Waals surface area contributed by atoms with Crippen LogP contribution in [0.4, 0.5) is 0 Å². The van der Waals surface area contributed by atoms with Crippen molar-refractivity contribution in [3.8, 4) is 5.75 Å². The lowest BCUT2D eigenvalue weighted by atomic mass is 9.99. The topological polar surface area (TPSA) is 157 Å². The SMILES string of the molecule is O=C(NCc1cccc(O)c1)c1ccc(C(=O)N[C@@H](CCNC(=O)C2CCCNC2)C(=O)O)c([ClH+])c1. The number of aromatic hydroxyl groups is 1. The summed E-state index contributed by atoms with van der Waals surface area (Å²) < 4.78 is 0. The van der Waals surface area contributed by atoms with Gasteiger partial charge in [-0.25, -0.2) is 4.79 Å². The summed E-state index contributed by atoms with van der Waals surface area (Å²) >= 11 is 5.26. The lowest BCUT2D eigenvalue weighted by Gasteiger charge is -2.22. The van der Waals surface area contributed by atoms with E-state index in [0.717, 1.165) is 19.4 Å². The highest BCUT2D eigenvalue weighted by Crippen LogP contribution is 2.15. The van der Waals surface area contributed by atoms with Crippen molar-refractivity contribution in [2.45, 2.75) is 31.8 Å². The molecule has 6 N–H and O–H groups in total. The van der Waals surface area contributed by atoms with Crippen molar-refractivity contribution in [1.82, 2.24) is 21.3 Å². The largest absolute Gasteiger partial charge is 0.508 e. The number of halogens is 1. The van der Waals surface area contributed by atoms with Gasteiger partial charge in [-0.1, -0.05) is 12.1 Å². The quantitative estimate of drug-likeness (QED) is 0.271. The van der Waals surface area contributed by atoms with E-state index in [9.17, 15) is 29.4 Å². The number of benzene rings is 2. The van der Waals surface area contributed by atoms with Gasteiger partial charge in [-0.15, -0.1) is 0 Å². The average molecular weight is 518 g/mol. The number of carbonyl (C=O) groups is 4. The van der Waals surface area contributed by atoms with Crippen LogP contribution in [0.5, 0.6) is 5.75 Å². The van der Waals surface area contributed by atoms with Crippen LogP contribution in [0.15, 0.2) is 42.5 Å². The fourth-order valence-corrected chi connectivity index (χ4v) is 4.14. The van der Waals surface area contributed by atoms with E-state index in [2.05, 4.69) is 21.3 Å². The number of hydrogen-bond donors (Lipinski definition) is 6. The van der Waals surface area contributed by atoms with Gasteiger partial charge in [-0.3, -0.25) is 14.4 Å². The number of hydrogen-bond acceptors (Lipinski definition) is 6. The number of carboxylic acids is 1. The molecule has 1 unspecified atom stereocenters. The van der Waals surface area contributed by atoms with Gasteiger partial charge in [-0.05, 0) is 55.6 Å². The minimum absolute atomic E-state index is 0.00918. The van der Waals surface area contributed by atoms with Crippen LogP contribution in [0.25, 0.3) is 0 Å². The van der Waals surface area contributed by atoms with Crippen LogP contribution >= 0.6 is 0 Å². The Morgan fingerprint density at radius 2 is 1.89 bits per heavy atom. The zero-order valence-electron chi connectivity index (χ0n) is 19.6. The molecule has 2 atom stereocenters. The van der Waals surface area contributed by atoms with E-state index in [-0.39, 0.29) is 53.2 Å². The highest BCUT2D eigenvalue weighted by atomic mass is 35.5. The maximum absolute atomic E-state index is 12.7. The van der Waals surface area contributed by atoms with Gasteiger partial charge in [0.25, 0.3) is 11.8 Å². The first-order chi connectivity index (χ1) is 17.2. The molecule has 3 amide bonds. The van der Waals surface area contributed by atoms with E-state index >= 15 is 0 Å². The van der Waals surface area contributed by atoms with E-state index < -0.39 is 23.8 Å². The third kappa shape index (κ3) is 7.69. The molecule has 36 heavy (non-hydrogen) atoms. The molecule has 0 bridgehead atoms. The maximum atomic E-state index is 12.7. The van der Waals surface area contributed by atoms with Crippen LogP contribution in [0.3, 0.4) is 0 Å². The number of aliphatic carboxylic acids is 1. The fraction of sp³-hybridized carbons (Fsp3) is 0.360. The maximum Gasteiger partial charge on any atom is 0.326 e. The number of phenolic OH excluding ortho intramolecular Hbond substituents is 1. The number of rotatable bonds is 10. The smallest absolute Gasteiger partial charge is 0.326 e. The lowest BCUT2D eigenvalue weighted by Crippen LogP contribution is -2.45. The van der Waals surface area contributed by atoms with Crippen molar-refractivity contribution in [1.29, 1.82) is 0 Å². The number of piperidine rings is 1. The Morgan fingerprint density at radius 3 is 2.56 bits per heavy atom. The first kappa shape index (κ1) is 27.0. The Hall–Kier alpha value is -3.63. The molecule has 1 heterocycles. The van der Waals surface area contributed by atoms with Crippen LogP contribution in [-0.4, -0.2) is 59.6 Å². The number of nitrogens with one attached hydrogen (secondary N) is 4. The first-order valence-electron chi connectivity index (χ1n) is 11.6. The van der Waals surface area contributed by atoms with E-state index in [1.165, 1.54) is 30.3 Å². The molecular formula is C25H30ClN4O6+. The lowest BCUT2D eigenvalue weighted by molar-refractivity contribution is -0.289. The normalized spacial score (nSPS) is 16.0. The second kappa shape index (κ2) is 12.9. The molecule has 0 saturated carbocycles. The molecule has 0 spiro atoms. The monoisotopic (exact) mass is 517 g/mol. The first-order valence-corrected chi connectivity index (χ1v) is 12.0. The van der Waals surface area contributed by atoms with Gasteiger partial charge in [0.1, 0.15) is 17.4 Å². The second-order valence-corrected chi connectivity index (χ2v) is 8.99. The molecule has 192 valence electrons. The van der Waals surface area contributed by atoms with Gasteiger partial charge < -0.3 is 31.5 Å². The van der Waals surface area contributed by atoms with Crippen LogP contribution in [0.2, 0.25) is 5.02 Å². The van der Waals surface area contributed by atoms with E-state index in [0.29, 0.717) is 12.1 Å². The molecule has 0 aliphatic carbocycles. The van der Waals surface area contributed by atoms with Crippen molar-refractivity contribution in [2.75, 3.05) is 19.6 Å². The molecule has 2 aromatic rings. The van der Waals surface area contributed by atoms with Crippen molar-refractivity contribution in [3.05, 3.63) is 64.2 Å². The summed E-state index contributed by atoms with van der Waals surface area (Å²) in [6, 6.07) is 9.43. The highest BCUT2D eigenvalue weighted by Gasteiger charge is 2.26. The Balaban J connectivity index is 1.53. The van der Waals surface area contributed by atoms with Gasteiger partial charge in [0, 0.05) is 31.3 Å². The molecular weight excluding hydrogens is 488 g/mol. The molecule has 1 aliphatic heterocycles. The summed E-state index contributed by atoms with van der Waals surface area (Å²) in [6.45, 7) is 1.77. The molecule has 2 aromatic carbocycles. The molecule has 1 fully saturated rings. The number of carboxylic acid groups (broad SMARTS) is 1. The highest BCUT2D eigenvalue weighted by molar-refractivity contribution is 6.00. The Morgan fingerprint density at radius 1 is 1.08 bits per heavy atom. The third-order valence-electron chi connectivity index (χ3n) is 5.86. The van der Waals surface area contributed by atoms with E-state index in [1.54, 1.807) is 12.1 Å². The second-order valence-electron chi connectivity index (χ2n) is 8.55. The average Bonchev–Trinajstić information content (AvgIpc) is 2.86. The predicted octanol–water partition coefficient (Wildman–Crippen LogP) is 0.707. The van der Waals surface area contributed by atoms with Gasteiger partial charge in [-0.2, -0.15) is 0 Å². The summed E-state index contributed by atoms with van der Waals surface area (Å²) in [5, 5.41) is 30.2. The van der Waals surface area contributed by atoms with Gasteiger partial charge in [0.05, 0.1) is 5.92 Å². The molecule has 10 nitrogen and oxygen atoms in total. The molecule has 3 rings (SSSR count). The van der Waals surface area contributed by atoms with Crippen molar-refractivity contribution in [2.24, 2.45) is 5.92 Å². The van der Waals surface area contributed by atoms with E-state index in [1.807, 2.05) is 0 Å². The van der Waals surface area contributed by atoms with Crippen LogP contribution < -0.4 is 21.3 Å². The zero-order chi connectivity index (χ0) is 26.1. The minimum Gasteiger partial charge on any atom is -0.508 e. The summed E-state index contributed by atoms with van der Waals surface area (Å²) in [6.07, 6.45) is 1.70. The Labute approximate surface area is 213 Å². The van der Waals surface area contributed by atoms with Crippen molar-refractivity contribution in [3.63, 3.8) is 0 Å². The number of amides is 3. The zero-order valence-corrected chi connectivity index (χ0v) is 20.4. The fourth-order valence-electron chi connectivity index (χ4n) is 3.86. The predicted molar refractivity (Wildman–Crippen MR) is 128 cm³/mol. The molecule has 0 radical (unpaired) electrons. The molecule has 11 heteroatoms. The van der Waals surface area contributed by atoms with E-state index in [4.69, 9.17) is 11.6 Å².